The molecule has 2 aromatic rings. The lowest BCUT2D eigenvalue weighted by atomic mass is 10.1. The predicted octanol–water partition coefficient (Wildman–Crippen LogP) is 4.54. The van der Waals surface area contributed by atoms with E-state index in [1.165, 1.54) is 19.2 Å². The summed E-state index contributed by atoms with van der Waals surface area (Å²) in [7, 11) is 2.34. The van der Waals surface area contributed by atoms with Gasteiger partial charge in [-0.05, 0) is 69.6 Å². The van der Waals surface area contributed by atoms with Crippen LogP contribution >= 0.6 is 15.9 Å². The first-order valence-corrected chi connectivity index (χ1v) is 11.9. The number of primary amides is 1. The number of aromatic nitrogens is 2. The molecule has 0 aromatic carbocycles. The molecule has 0 radical (unpaired) electrons. The van der Waals surface area contributed by atoms with E-state index in [9.17, 15) is 28.0 Å². The molecule has 0 aliphatic heterocycles. The Morgan fingerprint density at radius 2 is 1.26 bits per heavy atom. The number of rotatable bonds is 4. The maximum atomic E-state index is 13.3. The number of esters is 3. The van der Waals surface area contributed by atoms with Gasteiger partial charge in [-0.3, -0.25) is 9.78 Å². The van der Waals surface area contributed by atoms with Gasteiger partial charge in [0, 0.05) is 0 Å². The number of pyridine rings is 2. The number of carbonyl (C=O) groups is 4. The van der Waals surface area contributed by atoms with Crippen molar-refractivity contribution >= 4 is 39.9 Å². The zero-order chi connectivity index (χ0) is 30.6. The maximum Gasteiger partial charge on any atom is 0.405 e. The molecule has 11 nitrogen and oxygen atoms in total. The first-order chi connectivity index (χ1) is 17.8. The van der Waals surface area contributed by atoms with Crippen LogP contribution in [0.1, 0.15) is 68.0 Å². The molecule has 2 N–H and O–H groups in total. The van der Waals surface area contributed by atoms with E-state index >= 15 is 0 Å². The van der Waals surface area contributed by atoms with Gasteiger partial charge in [0.2, 0.25) is 0 Å². The molecule has 0 aliphatic carbocycles. The summed E-state index contributed by atoms with van der Waals surface area (Å²) in [6.07, 6.45) is 0.974. The fraction of sp³-hybridized carbons (Fsp3) is 0.440. The number of halogens is 3. The second-order valence-corrected chi connectivity index (χ2v) is 10.2. The minimum Gasteiger partial charge on any atom is -0.465 e. The van der Waals surface area contributed by atoms with Crippen molar-refractivity contribution < 1.29 is 46.9 Å². The molecule has 0 atom stereocenters. The van der Waals surface area contributed by atoms with Gasteiger partial charge in [-0.15, -0.1) is 0 Å². The van der Waals surface area contributed by atoms with E-state index in [2.05, 4.69) is 40.1 Å². The molecule has 1 amide bonds. The van der Waals surface area contributed by atoms with Crippen LogP contribution in [0.5, 0.6) is 0 Å². The Labute approximate surface area is 233 Å². The summed E-state index contributed by atoms with van der Waals surface area (Å²) in [5.41, 5.74) is 3.52. The van der Waals surface area contributed by atoms with Gasteiger partial charge in [0.1, 0.15) is 15.8 Å². The summed E-state index contributed by atoms with van der Waals surface area (Å²) in [4.78, 5) is 51.1. The Morgan fingerprint density at radius 1 is 0.821 bits per heavy atom. The smallest absolute Gasteiger partial charge is 0.405 e. The Balaban J connectivity index is 0.000000616. The van der Waals surface area contributed by atoms with Crippen LogP contribution in [0.3, 0.4) is 0 Å². The highest BCUT2D eigenvalue weighted by Gasteiger charge is 2.19. The van der Waals surface area contributed by atoms with Crippen molar-refractivity contribution in [3.05, 3.63) is 57.6 Å². The highest BCUT2D eigenvalue weighted by Crippen LogP contribution is 2.14. The number of hydrogen-bond acceptors (Lipinski definition) is 10. The standard InChI is InChI=1S/C13H16FNO4.C7H5BrFNO2.C5H11NO2/c1-13(2,3)19-11(16)6-8-5-9(12(17)18-4)10(14)7-15-8;1-12-7(11)4-2-6(8)10-3-5(4)9;1-5(2,3)8-4(6)7/h5,7H,6H2,1-4H3;2-3H,1H3;1-3H3,(H2,6,7). The van der Waals surface area contributed by atoms with Gasteiger partial charge >= 0.3 is 24.0 Å². The first kappa shape index (κ1) is 35.3. The van der Waals surface area contributed by atoms with Crippen molar-refractivity contribution in [2.24, 2.45) is 5.73 Å². The van der Waals surface area contributed by atoms with E-state index < -0.39 is 46.8 Å². The van der Waals surface area contributed by atoms with Gasteiger partial charge in [-0.25, -0.2) is 28.1 Å². The average molecular weight is 620 g/mol. The third kappa shape index (κ3) is 15.4. The van der Waals surface area contributed by atoms with Crippen LogP contribution in [0.15, 0.2) is 29.1 Å². The van der Waals surface area contributed by atoms with Gasteiger partial charge in [-0.1, -0.05) is 0 Å². The second-order valence-electron chi connectivity index (χ2n) is 9.42. The van der Waals surface area contributed by atoms with E-state index in [0.29, 0.717) is 4.60 Å². The summed E-state index contributed by atoms with van der Waals surface area (Å²) in [6, 6.07) is 2.45. The fourth-order valence-corrected chi connectivity index (χ4v) is 2.68. The van der Waals surface area contributed by atoms with Crippen LogP contribution < -0.4 is 5.73 Å². The minimum atomic E-state index is -0.815. The number of carbonyl (C=O) groups excluding carboxylic acids is 4. The fourth-order valence-electron chi connectivity index (χ4n) is 2.35. The Hall–Kier alpha value is -3.68. The van der Waals surface area contributed by atoms with Crippen molar-refractivity contribution in [3.63, 3.8) is 0 Å². The molecule has 0 spiro atoms. The molecule has 0 saturated heterocycles. The van der Waals surface area contributed by atoms with Gasteiger partial charge < -0.3 is 24.7 Å². The SMILES string of the molecule is CC(C)(C)OC(N)=O.COC(=O)c1cc(Br)ncc1F.COC(=O)c1cc(CC(=O)OC(C)(C)C)ncc1F. The van der Waals surface area contributed by atoms with Crippen molar-refractivity contribution in [1.82, 2.24) is 9.97 Å². The Morgan fingerprint density at radius 3 is 1.64 bits per heavy atom. The lowest BCUT2D eigenvalue weighted by molar-refractivity contribution is -0.154. The van der Waals surface area contributed by atoms with Crippen LogP contribution in [-0.2, 0) is 30.2 Å². The molecule has 0 bridgehead atoms. The molecule has 2 aromatic heterocycles. The van der Waals surface area contributed by atoms with Gasteiger partial charge in [-0.2, -0.15) is 0 Å². The van der Waals surface area contributed by atoms with E-state index in [4.69, 9.17) is 10.5 Å². The number of nitrogens with two attached hydrogens (primary N) is 1. The van der Waals surface area contributed by atoms with Gasteiger partial charge in [0.05, 0.1) is 49.9 Å². The average Bonchev–Trinajstić information content (AvgIpc) is 2.78. The van der Waals surface area contributed by atoms with E-state index in [0.717, 1.165) is 19.5 Å². The predicted molar refractivity (Wildman–Crippen MR) is 139 cm³/mol. The quantitative estimate of drug-likeness (QED) is 0.292. The molecule has 2 heterocycles. The molecule has 0 saturated carbocycles. The summed E-state index contributed by atoms with van der Waals surface area (Å²) in [5.74, 6) is -3.51. The van der Waals surface area contributed by atoms with Crippen LogP contribution in [0.2, 0.25) is 0 Å². The van der Waals surface area contributed by atoms with E-state index in [-0.39, 0.29) is 23.2 Å². The summed E-state index contributed by atoms with van der Waals surface area (Å²) in [5, 5.41) is 0. The second kappa shape index (κ2) is 15.7. The number of methoxy groups -OCH3 is 2. The lowest BCUT2D eigenvalue weighted by Gasteiger charge is -2.19. The van der Waals surface area contributed by atoms with Gasteiger partial charge in [0.25, 0.3) is 0 Å². The molecule has 39 heavy (non-hydrogen) atoms. The highest BCUT2D eigenvalue weighted by atomic mass is 79.9. The lowest BCUT2D eigenvalue weighted by Crippen LogP contribution is -2.27. The van der Waals surface area contributed by atoms with Crippen molar-refractivity contribution in [2.45, 2.75) is 59.2 Å². The van der Waals surface area contributed by atoms with Crippen molar-refractivity contribution in [2.75, 3.05) is 14.2 Å². The molecule has 14 heteroatoms. The molecule has 216 valence electrons. The van der Waals surface area contributed by atoms with Crippen molar-refractivity contribution in [1.29, 1.82) is 0 Å². The largest absolute Gasteiger partial charge is 0.465 e. The summed E-state index contributed by atoms with van der Waals surface area (Å²) >= 11 is 3.01. The Bertz CT molecular complexity index is 1160. The third-order valence-corrected chi connectivity index (χ3v) is 4.13. The van der Waals surface area contributed by atoms with Gasteiger partial charge in [0.15, 0.2) is 11.6 Å². The first-order valence-electron chi connectivity index (χ1n) is 11.1. The van der Waals surface area contributed by atoms with Crippen LogP contribution in [0.4, 0.5) is 13.6 Å². The topological polar surface area (TPSA) is 157 Å². The number of hydrogen-bond donors (Lipinski definition) is 1. The Kier molecular flexibility index (Phi) is 14.2. The van der Waals surface area contributed by atoms with E-state index in [1.54, 1.807) is 41.5 Å². The van der Waals surface area contributed by atoms with Crippen LogP contribution in [0.25, 0.3) is 0 Å². The monoisotopic (exact) mass is 619 g/mol. The number of ether oxygens (including phenoxy) is 4. The zero-order valence-corrected chi connectivity index (χ0v) is 24.5. The summed E-state index contributed by atoms with van der Waals surface area (Å²) in [6.45, 7) is 10.5. The number of nitrogens with zero attached hydrogens (tertiary/aromatic N) is 2. The summed E-state index contributed by atoms with van der Waals surface area (Å²) < 4.78 is 45.0. The normalized spacial score (nSPS) is 10.5. The van der Waals surface area contributed by atoms with Crippen molar-refractivity contribution in [3.8, 4) is 0 Å². The number of amides is 1. The highest BCUT2D eigenvalue weighted by molar-refractivity contribution is 9.10. The molecule has 0 unspecified atom stereocenters. The maximum absolute atomic E-state index is 13.3. The van der Waals surface area contributed by atoms with Crippen LogP contribution in [0, 0.1) is 11.6 Å². The molecule has 0 aliphatic rings. The van der Waals surface area contributed by atoms with E-state index in [1.807, 2.05) is 0 Å². The van der Waals surface area contributed by atoms with Crippen LogP contribution in [-0.4, -0.2) is 59.4 Å². The molecular formula is C25H32BrF2N3O8. The third-order valence-electron chi connectivity index (χ3n) is 3.70. The molecule has 2 rings (SSSR count). The minimum absolute atomic E-state index is 0.126. The molecular weight excluding hydrogens is 588 g/mol. The zero-order valence-electron chi connectivity index (χ0n) is 22.9. The molecule has 0 fully saturated rings.